The first-order chi connectivity index (χ1) is 9.43. The van der Waals surface area contributed by atoms with Crippen LogP contribution in [-0.2, 0) is 0 Å². The maximum absolute atomic E-state index is 9.28. The van der Waals surface area contributed by atoms with Gasteiger partial charge in [-0.2, -0.15) is 0 Å². The molecule has 1 atom stereocenters. The number of benzene rings is 1. The number of rotatable bonds is 4. The lowest BCUT2D eigenvalue weighted by molar-refractivity contribution is 0.235. The summed E-state index contributed by atoms with van der Waals surface area (Å²) in [5.74, 6) is 0. The molecule has 0 aliphatic heterocycles. The summed E-state index contributed by atoms with van der Waals surface area (Å²) in [6.07, 6.45) is 2.36. The van der Waals surface area contributed by atoms with Gasteiger partial charge in [0.15, 0.2) is 0 Å². The van der Waals surface area contributed by atoms with Crippen molar-refractivity contribution in [3.05, 3.63) is 30.5 Å². The molecule has 0 amide bonds. The second-order valence-electron chi connectivity index (χ2n) is 6.18. The van der Waals surface area contributed by atoms with E-state index in [0.717, 1.165) is 16.6 Å². The van der Waals surface area contributed by atoms with Gasteiger partial charge in [0.2, 0.25) is 0 Å². The van der Waals surface area contributed by atoms with Crippen LogP contribution in [0, 0.1) is 5.41 Å². The molecule has 1 aromatic carbocycles. The molecular weight excluding hydrogens is 250 g/mol. The van der Waals surface area contributed by atoms with Gasteiger partial charge in [-0.1, -0.05) is 39.0 Å². The predicted molar refractivity (Wildman–Crippen MR) is 84.7 cm³/mol. The van der Waals surface area contributed by atoms with Crippen LogP contribution in [0.25, 0.3) is 10.9 Å². The second-order valence-corrected chi connectivity index (χ2v) is 6.18. The minimum absolute atomic E-state index is 0.0273. The van der Waals surface area contributed by atoms with Gasteiger partial charge in [-0.3, -0.25) is 4.98 Å². The molecule has 4 N–H and O–H groups in total. The van der Waals surface area contributed by atoms with Gasteiger partial charge in [0.25, 0.3) is 0 Å². The molecule has 0 aliphatic carbocycles. The minimum atomic E-state index is 0.0273. The number of hydrogen-bond acceptors (Lipinski definition) is 4. The maximum atomic E-state index is 9.28. The number of aromatic nitrogens is 1. The van der Waals surface area contributed by atoms with E-state index in [2.05, 4.69) is 31.1 Å². The molecule has 0 radical (unpaired) electrons. The van der Waals surface area contributed by atoms with Crippen molar-refractivity contribution in [1.29, 1.82) is 0 Å². The van der Waals surface area contributed by atoms with E-state index in [1.54, 1.807) is 6.20 Å². The van der Waals surface area contributed by atoms with Crippen LogP contribution < -0.4 is 11.1 Å². The Morgan fingerprint density at radius 1 is 1.30 bits per heavy atom. The highest BCUT2D eigenvalue weighted by atomic mass is 16.3. The fraction of sp³-hybridized carbons (Fsp3) is 0.438. The molecule has 0 fully saturated rings. The Hall–Kier alpha value is -1.81. The fourth-order valence-electron chi connectivity index (χ4n) is 2.34. The van der Waals surface area contributed by atoms with E-state index in [9.17, 15) is 5.11 Å². The van der Waals surface area contributed by atoms with Crippen molar-refractivity contribution in [3.63, 3.8) is 0 Å². The summed E-state index contributed by atoms with van der Waals surface area (Å²) in [5.41, 5.74) is 8.57. The summed E-state index contributed by atoms with van der Waals surface area (Å²) in [5, 5.41) is 13.8. The first-order valence-electron chi connectivity index (χ1n) is 6.94. The Morgan fingerprint density at radius 3 is 2.65 bits per heavy atom. The molecule has 0 saturated carbocycles. The zero-order valence-corrected chi connectivity index (χ0v) is 12.4. The quantitative estimate of drug-likeness (QED) is 0.800. The van der Waals surface area contributed by atoms with E-state index in [0.29, 0.717) is 12.1 Å². The van der Waals surface area contributed by atoms with Gasteiger partial charge in [-0.25, -0.2) is 0 Å². The van der Waals surface area contributed by atoms with Gasteiger partial charge >= 0.3 is 0 Å². The first-order valence-corrected chi connectivity index (χ1v) is 6.94. The van der Waals surface area contributed by atoms with Crippen molar-refractivity contribution in [2.45, 2.75) is 33.2 Å². The number of nitrogens with one attached hydrogen (secondary N) is 1. The van der Waals surface area contributed by atoms with Crippen LogP contribution in [0.15, 0.2) is 30.5 Å². The van der Waals surface area contributed by atoms with Gasteiger partial charge in [0.1, 0.15) is 0 Å². The highest BCUT2D eigenvalue weighted by Crippen LogP contribution is 2.32. The Kier molecular flexibility index (Phi) is 4.14. The highest BCUT2D eigenvalue weighted by Gasteiger charge is 2.25. The first kappa shape index (κ1) is 14.6. The lowest BCUT2D eigenvalue weighted by atomic mass is 9.84. The van der Waals surface area contributed by atoms with Gasteiger partial charge < -0.3 is 16.2 Å². The monoisotopic (exact) mass is 273 g/mol. The van der Waals surface area contributed by atoms with E-state index in [1.165, 1.54) is 0 Å². The van der Waals surface area contributed by atoms with Gasteiger partial charge in [-0.15, -0.1) is 0 Å². The normalized spacial score (nSPS) is 13.4. The summed E-state index contributed by atoms with van der Waals surface area (Å²) in [6.45, 7) is 6.61. The molecule has 2 aromatic rings. The number of para-hydroxylation sites is 1. The Morgan fingerprint density at radius 2 is 2.00 bits per heavy atom. The number of nitrogens with two attached hydrogens (primary N) is 1. The number of nitrogen functional groups attached to an aromatic ring is 1. The lowest BCUT2D eigenvalue weighted by Gasteiger charge is -2.32. The molecule has 0 saturated heterocycles. The third-order valence-electron chi connectivity index (χ3n) is 3.59. The summed E-state index contributed by atoms with van der Waals surface area (Å²) in [7, 11) is 0. The zero-order chi connectivity index (χ0) is 14.8. The van der Waals surface area contributed by atoms with Gasteiger partial charge in [0, 0.05) is 18.0 Å². The zero-order valence-electron chi connectivity index (χ0n) is 12.4. The van der Waals surface area contributed by atoms with Gasteiger partial charge in [-0.05, 0) is 17.9 Å². The fourth-order valence-corrected chi connectivity index (χ4v) is 2.34. The Labute approximate surface area is 120 Å². The average molecular weight is 273 g/mol. The number of fused-ring (bicyclic) bond motifs is 1. The van der Waals surface area contributed by atoms with E-state index < -0.39 is 0 Å². The molecule has 20 heavy (non-hydrogen) atoms. The molecule has 1 heterocycles. The number of aliphatic hydroxyl groups is 1. The van der Waals surface area contributed by atoms with Crippen LogP contribution >= 0.6 is 0 Å². The Balaban J connectivity index is 2.44. The van der Waals surface area contributed by atoms with Crippen molar-refractivity contribution in [2.75, 3.05) is 17.7 Å². The molecule has 0 bridgehead atoms. The summed E-state index contributed by atoms with van der Waals surface area (Å²) in [6, 6.07) is 8.06. The maximum Gasteiger partial charge on any atom is 0.0743 e. The molecular formula is C16H23N3O. The van der Waals surface area contributed by atoms with Crippen LogP contribution in [-0.4, -0.2) is 22.7 Å². The van der Waals surface area contributed by atoms with Crippen molar-refractivity contribution in [3.8, 4) is 0 Å². The van der Waals surface area contributed by atoms with Crippen molar-refractivity contribution in [1.82, 2.24) is 4.98 Å². The molecule has 1 aromatic heterocycles. The topological polar surface area (TPSA) is 71.2 Å². The average Bonchev–Trinajstić information content (AvgIpc) is 2.40. The number of nitrogens with zero attached hydrogens (tertiary/aromatic N) is 1. The van der Waals surface area contributed by atoms with Crippen LogP contribution in [0.5, 0.6) is 0 Å². The lowest BCUT2D eigenvalue weighted by Crippen LogP contribution is -2.35. The SMILES string of the molecule is CC(C)(C)C(CCO)Nc1c(N)cnc2ccccc12. The number of hydrogen-bond donors (Lipinski definition) is 3. The standard InChI is InChI=1S/C16H23N3O/c1-16(2,3)14(8-9-20)19-15-11-6-4-5-7-13(11)18-10-12(15)17/h4-7,10,14,20H,8-9,17H2,1-3H3,(H,18,19). The van der Waals surface area contributed by atoms with Crippen LogP contribution in [0.1, 0.15) is 27.2 Å². The van der Waals surface area contributed by atoms with Crippen molar-refractivity contribution >= 4 is 22.3 Å². The molecule has 2 rings (SSSR count). The van der Waals surface area contributed by atoms with Crippen molar-refractivity contribution in [2.24, 2.45) is 5.41 Å². The number of aliphatic hydroxyl groups excluding tert-OH is 1. The smallest absolute Gasteiger partial charge is 0.0743 e. The molecule has 4 nitrogen and oxygen atoms in total. The molecule has 0 aliphatic rings. The van der Waals surface area contributed by atoms with Gasteiger partial charge in [0.05, 0.1) is 23.1 Å². The van der Waals surface area contributed by atoms with Crippen molar-refractivity contribution < 1.29 is 5.11 Å². The van der Waals surface area contributed by atoms with E-state index >= 15 is 0 Å². The summed E-state index contributed by atoms with van der Waals surface area (Å²) >= 11 is 0. The highest BCUT2D eigenvalue weighted by molar-refractivity contribution is 5.96. The van der Waals surface area contributed by atoms with E-state index in [-0.39, 0.29) is 18.1 Å². The predicted octanol–water partition coefficient (Wildman–Crippen LogP) is 3.03. The largest absolute Gasteiger partial charge is 0.396 e. The molecule has 0 spiro atoms. The minimum Gasteiger partial charge on any atom is -0.396 e. The summed E-state index contributed by atoms with van der Waals surface area (Å²) < 4.78 is 0. The molecule has 4 heteroatoms. The second kappa shape index (κ2) is 5.67. The molecule has 1 unspecified atom stereocenters. The third-order valence-corrected chi connectivity index (χ3v) is 3.59. The third kappa shape index (κ3) is 3.02. The number of anilines is 2. The van der Waals surface area contributed by atoms with Crippen LogP contribution in [0.3, 0.4) is 0 Å². The number of pyridine rings is 1. The van der Waals surface area contributed by atoms with Crippen LogP contribution in [0.2, 0.25) is 0 Å². The molecule has 108 valence electrons. The van der Waals surface area contributed by atoms with E-state index in [1.807, 2.05) is 24.3 Å². The van der Waals surface area contributed by atoms with E-state index in [4.69, 9.17) is 5.73 Å². The summed E-state index contributed by atoms with van der Waals surface area (Å²) in [4.78, 5) is 4.34. The Bertz CT molecular complexity index is 590. The van der Waals surface area contributed by atoms with Crippen LogP contribution in [0.4, 0.5) is 11.4 Å².